The summed E-state index contributed by atoms with van der Waals surface area (Å²) in [6.07, 6.45) is 1.88. The highest BCUT2D eigenvalue weighted by Crippen LogP contribution is 2.17. The Morgan fingerprint density at radius 1 is 1.12 bits per heavy atom. The molecule has 0 atom stereocenters. The summed E-state index contributed by atoms with van der Waals surface area (Å²) >= 11 is 0. The van der Waals surface area contributed by atoms with E-state index in [1.165, 1.54) is 0 Å². The molecule has 0 aliphatic carbocycles. The van der Waals surface area contributed by atoms with Gasteiger partial charge < -0.3 is 0 Å². The fourth-order valence-corrected chi connectivity index (χ4v) is 1.63. The second kappa shape index (κ2) is 3.86. The van der Waals surface area contributed by atoms with Crippen LogP contribution in [0.2, 0.25) is 0 Å². The summed E-state index contributed by atoms with van der Waals surface area (Å²) in [6, 6.07) is 11.8. The first-order valence-electron chi connectivity index (χ1n) is 5.31. The summed E-state index contributed by atoms with van der Waals surface area (Å²) in [6.45, 7) is 0. The van der Waals surface area contributed by atoms with Gasteiger partial charge in [0.05, 0.1) is 0 Å². The van der Waals surface area contributed by atoms with Crippen molar-refractivity contribution in [3.63, 3.8) is 0 Å². The molecule has 0 fully saturated rings. The van der Waals surface area contributed by atoms with Gasteiger partial charge in [-0.1, -0.05) is 30.3 Å². The zero-order valence-corrected chi connectivity index (χ0v) is 9.33. The maximum atomic E-state index is 4.42. The zero-order valence-electron chi connectivity index (χ0n) is 9.33. The summed E-state index contributed by atoms with van der Waals surface area (Å²) in [5.41, 5.74) is 1.79. The standard InChI is InChI=1S/C12H11N5/c1-17-8-7-10(16-17)12-13-11(14-15-12)9-5-3-2-4-6-9/h2-8H,1H3,(H,13,14,15). The van der Waals surface area contributed by atoms with E-state index in [0.29, 0.717) is 11.6 Å². The van der Waals surface area contributed by atoms with Crippen molar-refractivity contribution < 1.29 is 0 Å². The predicted molar refractivity (Wildman–Crippen MR) is 64.0 cm³/mol. The van der Waals surface area contributed by atoms with E-state index >= 15 is 0 Å². The van der Waals surface area contributed by atoms with Gasteiger partial charge in [-0.25, -0.2) is 4.98 Å². The number of nitrogens with one attached hydrogen (secondary N) is 1. The second-order valence-corrected chi connectivity index (χ2v) is 3.75. The molecule has 0 unspecified atom stereocenters. The normalized spacial score (nSPS) is 10.6. The molecule has 0 amide bonds. The van der Waals surface area contributed by atoms with Crippen molar-refractivity contribution in [3.8, 4) is 22.9 Å². The van der Waals surface area contributed by atoms with Crippen LogP contribution >= 0.6 is 0 Å². The molecule has 17 heavy (non-hydrogen) atoms. The van der Waals surface area contributed by atoms with Crippen LogP contribution in [0.15, 0.2) is 42.6 Å². The molecule has 2 heterocycles. The van der Waals surface area contributed by atoms with Gasteiger partial charge in [0.25, 0.3) is 0 Å². The molecule has 5 nitrogen and oxygen atoms in total. The third-order valence-corrected chi connectivity index (χ3v) is 2.47. The van der Waals surface area contributed by atoms with E-state index in [4.69, 9.17) is 0 Å². The SMILES string of the molecule is Cn1ccc(-c2nc(-c3ccccc3)n[nH]2)n1. The first-order valence-corrected chi connectivity index (χ1v) is 5.31. The average Bonchev–Trinajstić information content (AvgIpc) is 2.98. The maximum Gasteiger partial charge on any atom is 0.181 e. The maximum absolute atomic E-state index is 4.42. The number of nitrogens with zero attached hydrogens (tertiary/aromatic N) is 4. The molecule has 0 spiro atoms. The van der Waals surface area contributed by atoms with Crippen LogP contribution < -0.4 is 0 Å². The number of hydrogen-bond acceptors (Lipinski definition) is 3. The highest BCUT2D eigenvalue weighted by Gasteiger charge is 2.08. The molecule has 1 aromatic carbocycles. The smallest absolute Gasteiger partial charge is 0.181 e. The molecule has 84 valence electrons. The van der Waals surface area contributed by atoms with Gasteiger partial charge in [-0.3, -0.25) is 9.78 Å². The Balaban J connectivity index is 1.99. The van der Waals surface area contributed by atoms with Crippen molar-refractivity contribution in [1.82, 2.24) is 25.0 Å². The van der Waals surface area contributed by atoms with Crippen molar-refractivity contribution in [2.75, 3.05) is 0 Å². The lowest BCUT2D eigenvalue weighted by molar-refractivity contribution is 0.769. The van der Waals surface area contributed by atoms with Crippen molar-refractivity contribution in [2.24, 2.45) is 7.05 Å². The average molecular weight is 225 g/mol. The van der Waals surface area contributed by atoms with Crippen molar-refractivity contribution >= 4 is 0 Å². The Kier molecular flexibility index (Phi) is 2.22. The van der Waals surface area contributed by atoms with Gasteiger partial charge in [-0.2, -0.15) is 10.2 Å². The van der Waals surface area contributed by atoms with E-state index in [1.54, 1.807) is 4.68 Å². The Labute approximate surface area is 98.1 Å². The van der Waals surface area contributed by atoms with Gasteiger partial charge in [0.1, 0.15) is 5.69 Å². The molecule has 0 aliphatic heterocycles. The highest BCUT2D eigenvalue weighted by molar-refractivity contribution is 5.58. The molecule has 3 aromatic rings. The topological polar surface area (TPSA) is 59.4 Å². The van der Waals surface area contributed by atoms with Gasteiger partial charge in [0.15, 0.2) is 11.6 Å². The van der Waals surface area contributed by atoms with Crippen LogP contribution in [0.1, 0.15) is 0 Å². The second-order valence-electron chi connectivity index (χ2n) is 3.75. The lowest BCUT2D eigenvalue weighted by Gasteiger charge is -1.91. The lowest BCUT2D eigenvalue weighted by atomic mass is 10.2. The molecule has 5 heteroatoms. The van der Waals surface area contributed by atoms with Crippen molar-refractivity contribution in [3.05, 3.63) is 42.6 Å². The predicted octanol–water partition coefficient (Wildman–Crippen LogP) is 1.87. The Morgan fingerprint density at radius 3 is 2.65 bits per heavy atom. The van der Waals surface area contributed by atoms with Crippen molar-refractivity contribution in [2.45, 2.75) is 0 Å². The summed E-state index contributed by atoms with van der Waals surface area (Å²) in [5.74, 6) is 1.37. The van der Waals surface area contributed by atoms with E-state index in [9.17, 15) is 0 Å². The summed E-state index contributed by atoms with van der Waals surface area (Å²) in [4.78, 5) is 4.42. The molecular weight excluding hydrogens is 214 g/mol. The monoisotopic (exact) mass is 225 g/mol. The van der Waals surface area contributed by atoms with E-state index in [1.807, 2.05) is 49.6 Å². The van der Waals surface area contributed by atoms with E-state index in [-0.39, 0.29) is 0 Å². The first-order chi connectivity index (χ1) is 8.33. The van der Waals surface area contributed by atoms with Crippen LogP contribution in [0, 0.1) is 0 Å². The minimum Gasteiger partial charge on any atom is -0.275 e. The third kappa shape index (κ3) is 1.82. The number of aromatic amines is 1. The Morgan fingerprint density at radius 2 is 1.94 bits per heavy atom. The van der Waals surface area contributed by atoms with Crippen molar-refractivity contribution in [1.29, 1.82) is 0 Å². The van der Waals surface area contributed by atoms with Crippen LogP contribution in [0.3, 0.4) is 0 Å². The van der Waals surface area contributed by atoms with E-state index < -0.39 is 0 Å². The number of H-pyrrole nitrogens is 1. The fourth-order valence-electron chi connectivity index (χ4n) is 1.63. The largest absolute Gasteiger partial charge is 0.275 e. The highest BCUT2D eigenvalue weighted by atomic mass is 15.3. The van der Waals surface area contributed by atoms with Gasteiger partial charge in [-0.05, 0) is 6.07 Å². The summed E-state index contributed by atoms with van der Waals surface area (Å²) in [5, 5.41) is 11.4. The molecule has 0 aliphatic rings. The van der Waals surface area contributed by atoms with E-state index in [2.05, 4.69) is 20.3 Å². The third-order valence-electron chi connectivity index (χ3n) is 2.47. The molecule has 1 N–H and O–H groups in total. The molecular formula is C12H11N5. The number of hydrogen-bond donors (Lipinski definition) is 1. The summed E-state index contributed by atoms with van der Waals surface area (Å²) in [7, 11) is 1.87. The molecule has 2 aromatic heterocycles. The van der Waals surface area contributed by atoms with Gasteiger partial charge in [0, 0.05) is 18.8 Å². The zero-order chi connectivity index (χ0) is 11.7. The summed E-state index contributed by atoms with van der Waals surface area (Å²) < 4.78 is 1.74. The van der Waals surface area contributed by atoms with Crippen LogP contribution in [0.4, 0.5) is 0 Å². The fraction of sp³-hybridized carbons (Fsp3) is 0.0833. The minimum atomic E-state index is 0.685. The minimum absolute atomic E-state index is 0.685. The van der Waals surface area contributed by atoms with Crippen LogP contribution in [0.25, 0.3) is 22.9 Å². The van der Waals surface area contributed by atoms with Crippen LogP contribution in [-0.2, 0) is 7.05 Å². The van der Waals surface area contributed by atoms with Gasteiger partial charge in [-0.15, -0.1) is 0 Å². The molecule has 0 bridgehead atoms. The van der Waals surface area contributed by atoms with Gasteiger partial charge >= 0.3 is 0 Å². The van der Waals surface area contributed by atoms with E-state index in [0.717, 1.165) is 11.3 Å². The first kappa shape index (κ1) is 9.77. The number of rotatable bonds is 2. The van der Waals surface area contributed by atoms with Crippen LogP contribution in [0.5, 0.6) is 0 Å². The molecule has 0 saturated carbocycles. The number of aryl methyl sites for hydroxylation is 1. The number of benzene rings is 1. The Bertz CT molecular complexity index is 623. The van der Waals surface area contributed by atoms with Gasteiger partial charge in [0.2, 0.25) is 0 Å². The number of aromatic nitrogens is 5. The molecule has 0 radical (unpaired) electrons. The lowest BCUT2D eigenvalue weighted by Crippen LogP contribution is -1.88. The molecule has 3 rings (SSSR count). The molecule has 0 saturated heterocycles. The quantitative estimate of drug-likeness (QED) is 0.724. The Hall–Kier alpha value is -2.43. The van der Waals surface area contributed by atoms with Crippen LogP contribution in [-0.4, -0.2) is 25.0 Å².